The van der Waals surface area contributed by atoms with Crippen molar-refractivity contribution in [3.8, 4) is 45.6 Å². The molecule has 0 bridgehead atoms. The molecule has 8 rings (SSSR count). The molecule has 18 nitrogen and oxygen atoms in total. The van der Waals surface area contributed by atoms with Gasteiger partial charge in [-0.1, -0.05) is 36.4 Å². The first-order chi connectivity index (χ1) is 28.1. The summed E-state index contributed by atoms with van der Waals surface area (Å²) in [4.78, 5) is 66.4. The minimum absolute atomic E-state index is 0. The third-order valence-corrected chi connectivity index (χ3v) is 9.31. The normalized spacial score (nSPS) is 9.00. The number of hydrogen-bond acceptors (Lipinski definition) is 16. The molecule has 8 aromatic heterocycles. The average Bonchev–Trinajstić information content (AvgIpc) is 3.99. The number of carboxylic acid groups (broad SMARTS) is 4. The van der Waals surface area contributed by atoms with E-state index in [0.717, 1.165) is 45.6 Å². The Morgan fingerprint density at radius 3 is 0.672 bits per heavy atom. The molecule has 0 atom stereocenters. The van der Waals surface area contributed by atoms with E-state index in [9.17, 15) is 39.6 Å². The Morgan fingerprint density at radius 1 is 0.312 bits per heavy atom. The number of carboxylic acids is 4. The number of rotatable bonds is 8. The zero-order valence-corrected chi connectivity index (χ0v) is 42.4. The third kappa shape index (κ3) is 18.5. The molecule has 0 aliphatic rings. The van der Waals surface area contributed by atoms with Gasteiger partial charge in [0.25, 0.3) is 0 Å². The summed E-state index contributed by atoms with van der Waals surface area (Å²) < 4.78 is 0. The van der Waals surface area contributed by atoms with E-state index in [1.54, 1.807) is 24.8 Å². The number of carbonyl (C=O) groups is 4. The van der Waals surface area contributed by atoms with Crippen LogP contribution in [0.15, 0.2) is 158 Å². The Hall–Kier alpha value is -5.88. The van der Waals surface area contributed by atoms with Crippen LogP contribution in [0.4, 0.5) is 0 Å². The maximum absolute atomic E-state index is 10.1. The molecule has 0 fully saturated rings. The molecule has 0 aliphatic heterocycles. The summed E-state index contributed by atoms with van der Waals surface area (Å²) in [5.74, 6) is -5.49. The monoisotopic (exact) mass is 1350 g/mol. The Bertz CT molecular complexity index is 2270. The Kier molecular flexibility index (Phi) is 29.2. The molecule has 0 spiro atoms. The third-order valence-electron chi connectivity index (χ3n) is 7.22. The van der Waals surface area contributed by atoms with Gasteiger partial charge in [0.2, 0.25) is 0 Å². The Morgan fingerprint density at radius 2 is 0.516 bits per heavy atom. The van der Waals surface area contributed by atoms with Gasteiger partial charge in [0, 0.05) is 87.0 Å². The van der Waals surface area contributed by atoms with Crippen molar-refractivity contribution < 1.29 is 124 Å². The summed E-state index contributed by atoms with van der Waals surface area (Å²) in [7, 11) is 0. The van der Waals surface area contributed by atoms with Crippen molar-refractivity contribution in [3.63, 3.8) is 0 Å². The molecule has 64 heavy (non-hydrogen) atoms. The van der Waals surface area contributed by atoms with Crippen LogP contribution in [0.1, 0.15) is 38.7 Å². The topological polar surface area (TPSA) is 352 Å². The number of aromatic nitrogens is 6. The molecule has 0 radical (unpaired) electrons. The molecule has 8 heterocycles. The SMILES string of the molecule is O=C([O-])c1ccc(C(=O)[O-])s1.O=C([O-])c1ccc(C(=O)[O-])s1.[O-2].[O-2].[O-2].[O-2].[U].[U].c1ccc(-c2cccc(-c3ccccn3)n2)nc1.c1ccc(-c2cccc(-c3ccccn3)n2)nc1. The second-order valence-corrected chi connectivity index (χ2v) is 13.3. The van der Waals surface area contributed by atoms with E-state index in [0.29, 0.717) is 22.7 Å². The van der Waals surface area contributed by atoms with Gasteiger partial charge in [0.15, 0.2) is 0 Å². The molecule has 0 N–H and O–H groups in total. The first kappa shape index (κ1) is 60.2. The summed E-state index contributed by atoms with van der Waals surface area (Å²) in [6.45, 7) is 0. The predicted molar refractivity (Wildman–Crippen MR) is 210 cm³/mol. The molecule has 0 unspecified atom stereocenters. The molecule has 0 saturated carbocycles. The second-order valence-electron chi connectivity index (χ2n) is 11.2. The zero-order valence-electron chi connectivity index (χ0n) is 32.4. The first-order valence-electron chi connectivity index (χ1n) is 16.7. The van der Waals surface area contributed by atoms with Crippen LogP contribution in [0.3, 0.4) is 0 Å². The Labute approximate surface area is 419 Å². The number of carbonyl (C=O) groups excluding carboxylic acids is 4. The van der Waals surface area contributed by atoms with E-state index in [4.69, 9.17) is 0 Å². The number of aromatic carboxylic acids is 4. The van der Waals surface area contributed by atoms with Crippen LogP contribution in [0, 0.1) is 62.2 Å². The van der Waals surface area contributed by atoms with Crippen molar-refractivity contribution in [3.05, 3.63) is 178 Å². The molecule has 0 aliphatic carbocycles. The standard InChI is InChI=1S/2C15H11N3.2C6H4O4S.4O.2U/c2*1-3-10-16-12(6-1)14-8-5-9-15(18-14)13-7-2-4-11-17-13;2*7-5(8)3-1-2-4(11-3)6(9)10;;;;;;/h2*1-11H;2*1-2H,(H,7,8)(H,9,10);;;;;;/q;;;;4*-2;;/p-4. The van der Waals surface area contributed by atoms with Gasteiger partial charge in [-0.05, 0) is 97.1 Å². The molecule has 0 aromatic carbocycles. The smallest absolute Gasteiger partial charge is 0.0894 e. The van der Waals surface area contributed by atoms with Crippen molar-refractivity contribution in [2.45, 2.75) is 0 Å². The minimum atomic E-state index is -1.37. The van der Waals surface area contributed by atoms with E-state index in [1.807, 2.05) is 109 Å². The van der Waals surface area contributed by atoms with E-state index >= 15 is 0 Å². The fourth-order valence-electron chi connectivity index (χ4n) is 4.61. The second kappa shape index (κ2) is 31.1. The maximum Gasteiger partial charge on any atom is 0.0894 e. The zero-order chi connectivity index (χ0) is 41.3. The number of nitrogens with zero attached hydrogens (tertiary/aromatic N) is 6. The van der Waals surface area contributed by atoms with E-state index in [-0.39, 0.29) is 104 Å². The molecular formula is C42H26N6O12S2U2-12. The fourth-order valence-corrected chi connectivity index (χ4v) is 5.96. The van der Waals surface area contributed by atoms with Crippen LogP contribution in [-0.4, -0.2) is 53.8 Å². The first-order valence-corrected chi connectivity index (χ1v) is 18.4. The summed E-state index contributed by atoms with van der Waals surface area (Å²) in [6.07, 6.45) is 7.07. The van der Waals surface area contributed by atoms with Crippen molar-refractivity contribution in [2.24, 2.45) is 0 Å². The van der Waals surface area contributed by atoms with Crippen LogP contribution < -0.4 is 20.4 Å². The quantitative estimate of drug-likeness (QED) is 0.211. The van der Waals surface area contributed by atoms with Crippen molar-refractivity contribution in [1.82, 2.24) is 29.9 Å². The number of pyridine rings is 6. The Balaban J connectivity index is 0. The average molecular weight is 1350 g/mol. The van der Waals surface area contributed by atoms with Crippen LogP contribution in [-0.2, 0) is 21.9 Å². The van der Waals surface area contributed by atoms with E-state index in [1.165, 1.54) is 24.3 Å². The van der Waals surface area contributed by atoms with Gasteiger partial charge in [-0.2, -0.15) is 0 Å². The molecular weight excluding hydrogens is 1320 g/mol. The molecule has 8 aromatic rings. The van der Waals surface area contributed by atoms with Gasteiger partial charge in [-0.15, -0.1) is 22.7 Å². The van der Waals surface area contributed by atoms with Crippen molar-refractivity contribution in [1.29, 1.82) is 0 Å². The van der Waals surface area contributed by atoms with Gasteiger partial charge in [-0.25, -0.2) is 9.97 Å². The van der Waals surface area contributed by atoms with Gasteiger partial charge >= 0.3 is 0 Å². The van der Waals surface area contributed by atoms with E-state index < -0.39 is 23.9 Å². The van der Waals surface area contributed by atoms with Crippen LogP contribution in [0.5, 0.6) is 0 Å². The molecule has 0 saturated heterocycles. The minimum Gasteiger partial charge on any atom is -2.00 e. The summed E-state index contributed by atoms with van der Waals surface area (Å²) >= 11 is 1.25. The van der Waals surface area contributed by atoms with Crippen molar-refractivity contribution in [2.75, 3.05) is 0 Å². The molecule has 0 amide bonds. The fraction of sp³-hybridized carbons (Fsp3) is 0. The summed E-state index contributed by atoms with van der Waals surface area (Å²) in [6, 6.07) is 39.6. The summed E-state index contributed by atoms with van der Waals surface area (Å²) in [5, 5.41) is 40.5. The van der Waals surface area contributed by atoms with Crippen LogP contribution in [0.25, 0.3) is 45.6 Å². The predicted octanol–water partition coefficient (Wildman–Crippen LogP) is 2.89. The van der Waals surface area contributed by atoms with Gasteiger partial charge < -0.3 is 61.5 Å². The number of hydrogen-bond donors (Lipinski definition) is 0. The van der Waals surface area contributed by atoms with Crippen LogP contribution in [0.2, 0.25) is 0 Å². The molecule has 22 heteroatoms. The maximum atomic E-state index is 10.1. The van der Waals surface area contributed by atoms with Crippen molar-refractivity contribution >= 4 is 46.6 Å². The largest absolute Gasteiger partial charge is 2.00 e. The number of thiophene rings is 2. The van der Waals surface area contributed by atoms with Gasteiger partial charge in [0.05, 0.1) is 88.9 Å². The molecule has 328 valence electrons. The van der Waals surface area contributed by atoms with E-state index in [2.05, 4.69) is 29.9 Å². The summed E-state index contributed by atoms with van der Waals surface area (Å²) in [5.41, 5.74) is 6.92. The van der Waals surface area contributed by atoms with Crippen LogP contribution >= 0.6 is 22.7 Å². The van der Waals surface area contributed by atoms with Gasteiger partial charge in [-0.3, -0.25) is 19.9 Å². The van der Waals surface area contributed by atoms with Gasteiger partial charge in [0.1, 0.15) is 0 Å².